The molecule has 2 rings (SSSR count). The minimum Gasteiger partial charge on any atom is -0.493 e. The van der Waals surface area contributed by atoms with Crippen LogP contribution < -0.4 is 14.8 Å². The summed E-state index contributed by atoms with van der Waals surface area (Å²) in [6.07, 6.45) is 4.46. The number of nitrogens with zero attached hydrogens (tertiary/aromatic N) is 1. The first-order valence-corrected chi connectivity index (χ1v) is 7.11. The number of methoxy groups -OCH3 is 1. The molecule has 1 N–H and O–H groups in total. The van der Waals surface area contributed by atoms with Crippen LogP contribution >= 0.6 is 0 Å². The lowest BCUT2D eigenvalue weighted by molar-refractivity contribution is 0.297. The first kappa shape index (κ1) is 15.3. The van der Waals surface area contributed by atoms with Gasteiger partial charge in [-0.2, -0.15) is 0 Å². The van der Waals surface area contributed by atoms with Gasteiger partial charge in [0.1, 0.15) is 0 Å². The predicted molar refractivity (Wildman–Crippen MR) is 83.9 cm³/mol. The van der Waals surface area contributed by atoms with Crippen molar-refractivity contribution >= 4 is 0 Å². The molecule has 4 heteroatoms. The molecule has 1 atom stereocenters. The van der Waals surface area contributed by atoms with E-state index < -0.39 is 0 Å². The summed E-state index contributed by atoms with van der Waals surface area (Å²) in [5.41, 5.74) is 2.34. The second-order valence-electron chi connectivity index (χ2n) is 4.88. The van der Waals surface area contributed by atoms with Crippen LogP contribution in [0, 0.1) is 0 Å². The molecule has 2 aromatic rings. The smallest absolute Gasteiger partial charge is 0.161 e. The molecule has 0 saturated carbocycles. The van der Waals surface area contributed by atoms with E-state index in [1.54, 1.807) is 13.3 Å². The zero-order valence-corrected chi connectivity index (χ0v) is 12.8. The second-order valence-corrected chi connectivity index (χ2v) is 4.88. The van der Waals surface area contributed by atoms with E-state index in [4.69, 9.17) is 9.47 Å². The Morgan fingerprint density at radius 2 is 2.10 bits per heavy atom. The molecule has 21 heavy (non-hydrogen) atoms. The fraction of sp³-hybridized carbons (Fsp3) is 0.353. The van der Waals surface area contributed by atoms with Crippen molar-refractivity contribution in [1.82, 2.24) is 10.3 Å². The molecule has 0 aliphatic rings. The summed E-state index contributed by atoms with van der Waals surface area (Å²) in [4.78, 5) is 4.10. The lowest BCUT2D eigenvalue weighted by atomic mass is 10.1. The van der Waals surface area contributed by atoms with Crippen molar-refractivity contribution < 1.29 is 9.47 Å². The summed E-state index contributed by atoms with van der Waals surface area (Å²) in [5.74, 6) is 1.54. The van der Waals surface area contributed by atoms with Gasteiger partial charge in [-0.25, -0.2) is 0 Å². The third-order valence-corrected chi connectivity index (χ3v) is 3.49. The van der Waals surface area contributed by atoms with Crippen molar-refractivity contribution in [1.29, 1.82) is 0 Å². The first-order chi connectivity index (χ1) is 10.2. The Bertz CT molecular complexity index is 558. The monoisotopic (exact) mass is 286 g/mol. The van der Waals surface area contributed by atoms with Gasteiger partial charge in [0.2, 0.25) is 0 Å². The SMILES string of the molecule is CNC(C)c1ccc(OCCc2cccnc2)c(OC)c1. The molecule has 0 amide bonds. The van der Waals surface area contributed by atoms with Crippen LogP contribution in [-0.2, 0) is 6.42 Å². The van der Waals surface area contributed by atoms with Gasteiger partial charge < -0.3 is 14.8 Å². The van der Waals surface area contributed by atoms with Crippen LogP contribution in [0.2, 0.25) is 0 Å². The third-order valence-electron chi connectivity index (χ3n) is 3.49. The quantitative estimate of drug-likeness (QED) is 0.849. The molecule has 1 aromatic heterocycles. The van der Waals surface area contributed by atoms with Gasteiger partial charge in [0, 0.05) is 24.9 Å². The van der Waals surface area contributed by atoms with Crippen molar-refractivity contribution in [2.75, 3.05) is 20.8 Å². The van der Waals surface area contributed by atoms with E-state index >= 15 is 0 Å². The van der Waals surface area contributed by atoms with Crippen LogP contribution in [0.25, 0.3) is 0 Å². The molecule has 0 bridgehead atoms. The Kier molecular flexibility index (Phi) is 5.58. The molecular weight excluding hydrogens is 264 g/mol. The summed E-state index contributed by atoms with van der Waals surface area (Å²) in [6.45, 7) is 2.71. The Balaban J connectivity index is 1.99. The molecule has 1 unspecified atom stereocenters. The van der Waals surface area contributed by atoms with Crippen LogP contribution in [0.1, 0.15) is 24.1 Å². The van der Waals surface area contributed by atoms with Gasteiger partial charge in [-0.1, -0.05) is 12.1 Å². The highest BCUT2D eigenvalue weighted by atomic mass is 16.5. The third kappa shape index (κ3) is 4.20. The predicted octanol–water partition coefficient (Wildman–Crippen LogP) is 2.99. The summed E-state index contributed by atoms with van der Waals surface area (Å²) < 4.78 is 11.2. The second kappa shape index (κ2) is 7.64. The Morgan fingerprint density at radius 1 is 1.24 bits per heavy atom. The molecule has 1 heterocycles. The Hall–Kier alpha value is -2.07. The lowest BCUT2D eigenvalue weighted by Gasteiger charge is -2.15. The molecule has 0 radical (unpaired) electrons. The van der Waals surface area contributed by atoms with E-state index in [1.165, 1.54) is 5.56 Å². The maximum atomic E-state index is 5.83. The number of hydrogen-bond acceptors (Lipinski definition) is 4. The normalized spacial score (nSPS) is 12.0. The minimum absolute atomic E-state index is 0.281. The van der Waals surface area contributed by atoms with Gasteiger partial charge in [0.25, 0.3) is 0 Å². The van der Waals surface area contributed by atoms with Gasteiger partial charge in [-0.05, 0) is 43.3 Å². The van der Waals surface area contributed by atoms with Gasteiger partial charge in [0.15, 0.2) is 11.5 Å². The molecule has 1 aromatic carbocycles. The van der Waals surface area contributed by atoms with Crippen molar-refractivity contribution in [3.05, 3.63) is 53.9 Å². The average Bonchev–Trinajstić information content (AvgIpc) is 2.55. The Labute approximate surface area is 126 Å². The van der Waals surface area contributed by atoms with Crippen molar-refractivity contribution in [2.24, 2.45) is 0 Å². The Morgan fingerprint density at radius 3 is 2.76 bits per heavy atom. The molecular formula is C17H22N2O2. The molecule has 0 fully saturated rings. The number of ether oxygens (including phenoxy) is 2. The van der Waals surface area contributed by atoms with Crippen molar-refractivity contribution in [3.63, 3.8) is 0 Å². The topological polar surface area (TPSA) is 43.4 Å². The van der Waals surface area contributed by atoms with E-state index in [0.29, 0.717) is 6.61 Å². The van der Waals surface area contributed by atoms with Crippen molar-refractivity contribution in [2.45, 2.75) is 19.4 Å². The van der Waals surface area contributed by atoms with Crippen LogP contribution in [0.3, 0.4) is 0 Å². The highest BCUT2D eigenvalue weighted by Gasteiger charge is 2.09. The number of benzene rings is 1. The molecule has 112 valence electrons. The number of aromatic nitrogens is 1. The highest BCUT2D eigenvalue weighted by molar-refractivity contribution is 5.43. The van der Waals surface area contributed by atoms with Gasteiger partial charge in [0.05, 0.1) is 13.7 Å². The molecule has 4 nitrogen and oxygen atoms in total. The fourth-order valence-corrected chi connectivity index (χ4v) is 2.06. The number of rotatable bonds is 7. The zero-order chi connectivity index (χ0) is 15.1. The lowest BCUT2D eigenvalue weighted by Crippen LogP contribution is -2.12. The maximum absolute atomic E-state index is 5.83. The van der Waals surface area contributed by atoms with Gasteiger partial charge in [-0.15, -0.1) is 0 Å². The van der Waals surface area contributed by atoms with E-state index in [1.807, 2.05) is 37.5 Å². The summed E-state index contributed by atoms with van der Waals surface area (Å²) in [7, 11) is 3.60. The molecule has 0 saturated heterocycles. The first-order valence-electron chi connectivity index (χ1n) is 7.11. The van der Waals surface area contributed by atoms with Crippen molar-refractivity contribution in [3.8, 4) is 11.5 Å². The van der Waals surface area contributed by atoms with Crippen LogP contribution in [0.4, 0.5) is 0 Å². The molecule has 0 aliphatic carbocycles. The standard InChI is InChI=1S/C17H22N2O2/c1-13(18-2)15-6-7-16(17(11-15)20-3)21-10-8-14-5-4-9-19-12-14/h4-7,9,11-13,18H,8,10H2,1-3H3. The van der Waals surface area contributed by atoms with E-state index in [-0.39, 0.29) is 6.04 Å². The molecule has 0 aliphatic heterocycles. The summed E-state index contributed by atoms with van der Waals surface area (Å²) >= 11 is 0. The summed E-state index contributed by atoms with van der Waals surface area (Å²) in [6, 6.07) is 10.3. The maximum Gasteiger partial charge on any atom is 0.161 e. The average molecular weight is 286 g/mol. The van der Waals surface area contributed by atoms with E-state index in [0.717, 1.165) is 23.5 Å². The highest BCUT2D eigenvalue weighted by Crippen LogP contribution is 2.30. The minimum atomic E-state index is 0.281. The zero-order valence-electron chi connectivity index (χ0n) is 12.8. The van der Waals surface area contributed by atoms with Crippen LogP contribution in [0.5, 0.6) is 11.5 Å². The number of pyridine rings is 1. The van der Waals surface area contributed by atoms with Crippen LogP contribution in [0.15, 0.2) is 42.7 Å². The largest absolute Gasteiger partial charge is 0.493 e. The fourth-order valence-electron chi connectivity index (χ4n) is 2.06. The molecule has 0 spiro atoms. The van der Waals surface area contributed by atoms with Gasteiger partial charge >= 0.3 is 0 Å². The van der Waals surface area contributed by atoms with Gasteiger partial charge in [-0.3, -0.25) is 4.98 Å². The number of hydrogen-bond donors (Lipinski definition) is 1. The van der Waals surface area contributed by atoms with Crippen LogP contribution in [-0.4, -0.2) is 25.7 Å². The van der Waals surface area contributed by atoms with E-state index in [9.17, 15) is 0 Å². The summed E-state index contributed by atoms with van der Waals surface area (Å²) in [5, 5.41) is 3.21. The van der Waals surface area contributed by atoms with E-state index in [2.05, 4.69) is 23.3 Å². The number of nitrogens with one attached hydrogen (secondary N) is 1.